The summed E-state index contributed by atoms with van der Waals surface area (Å²) in [6.45, 7) is 0. The van der Waals surface area contributed by atoms with Gasteiger partial charge in [0, 0.05) is 15.9 Å². The molecule has 6 rings (SSSR count). The third-order valence-corrected chi connectivity index (χ3v) is 9.95. The smallest absolute Gasteiger partial charge is 0.191 e. The summed E-state index contributed by atoms with van der Waals surface area (Å²) in [4.78, 5) is 11.8. The van der Waals surface area contributed by atoms with Crippen molar-refractivity contribution >= 4 is 50.9 Å². The Hall–Kier alpha value is -2.87. The fourth-order valence-corrected chi connectivity index (χ4v) is 8.39. The third-order valence-electron chi connectivity index (χ3n) is 6.15. The summed E-state index contributed by atoms with van der Waals surface area (Å²) in [7, 11) is 0. The zero-order valence-corrected chi connectivity index (χ0v) is 21.2. The number of anilines is 1. The minimum atomic E-state index is -0.234. The molecule has 7 heteroatoms. The second kappa shape index (κ2) is 9.64. The minimum absolute atomic E-state index is 0.215. The van der Waals surface area contributed by atoms with Gasteiger partial charge >= 0.3 is 0 Å². The highest BCUT2D eigenvalue weighted by molar-refractivity contribution is 8.00. The molecule has 0 radical (unpaired) electrons. The molecule has 35 heavy (non-hydrogen) atoms. The summed E-state index contributed by atoms with van der Waals surface area (Å²) in [5, 5.41) is 2.16. The monoisotopic (exact) mass is 515 g/mol. The molecule has 3 aromatic carbocycles. The molecule has 0 amide bonds. The molecule has 1 aliphatic heterocycles. The van der Waals surface area contributed by atoms with E-state index in [2.05, 4.69) is 65.6 Å². The second-order valence-corrected chi connectivity index (χ2v) is 11.8. The van der Waals surface area contributed by atoms with Gasteiger partial charge in [0.05, 0.1) is 10.6 Å². The van der Waals surface area contributed by atoms with Crippen molar-refractivity contribution in [3.05, 3.63) is 118 Å². The Morgan fingerprint density at radius 1 is 0.914 bits per heavy atom. The molecule has 3 heterocycles. The highest BCUT2D eigenvalue weighted by Crippen LogP contribution is 2.55. The van der Waals surface area contributed by atoms with E-state index >= 15 is 0 Å². The molecule has 5 aromatic rings. The van der Waals surface area contributed by atoms with Crippen molar-refractivity contribution in [1.29, 1.82) is 0 Å². The molecule has 0 aliphatic carbocycles. The number of rotatable bonds is 5. The Labute approximate surface area is 216 Å². The predicted molar refractivity (Wildman–Crippen MR) is 147 cm³/mol. The minimum Gasteiger partial charge on any atom is -0.383 e. The lowest BCUT2D eigenvalue weighted by atomic mass is 9.98. The largest absolute Gasteiger partial charge is 0.383 e. The van der Waals surface area contributed by atoms with Crippen molar-refractivity contribution < 1.29 is 4.39 Å². The first-order valence-corrected chi connectivity index (χ1v) is 14.1. The maximum absolute atomic E-state index is 13.6. The summed E-state index contributed by atoms with van der Waals surface area (Å²) < 4.78 is 13.6. The molecule has 0 unspecified atom stereocenters. The molecule has 0 saturated heterocycles. The lowest BCUT2D eigenvalue weighted by molar-refractivity contribution is 0.626. The van der Waals surface area contributed by atoms with Gasteiger partial charge in [0.1, 0.15) is 16.5 Å². The van der Waals surface area contributed by atoms with Gasteiger partial charge in [-0.3, -0.25) is 0 Å². The van der Waals surface area contributed by atoms with Crippen molar-refractivity contribution in [3.63, 3.8) is 0 Å². The molecule has 3 nitrogen and oxygen atoms in total. The van der Waals surface area contributed by atoms with Gasteiger partial charge in [-0.05, 0) is 40.8 Å². The van der Waals surface area contributed by atoms with Crippen LogP contribution in [0.5, 0.6) is 0 Å². The number of benzene rings is 3. The number of hydrogen-bond donors (Lipinski definition) is 1. The number of hydrogen-bond acceptors (Lipinski definition) is 6. The van der Waals surface area contributed by atoms with Crippen LogP contribution in [0.3, 0.4) is 0 Å². The van der Waals surface area contributed by atoms with E-state index < -0.39 is 0 Å². The summed E-state index contributed by atoms with van der Waals surface area (Å²) >= 11 is 5.21. The number of thiophene rings is 1. The van der Waals surface area contributed by atoms with Crippen molar-refractivity contribution in [1.82, 2.24) is 9.97 Å². The van der Waals surface area contributed by atoms with Gasteiger partial charge < -0.3 is 5.73 Å². The summed E-state index contributed by atoms with van der Waals surface area (Å²) in [5.41, 5.74) is 11.3. The SMILES string of the molecule is Nc1nc(SCc2cccc(F)c2)nc2sc3c(c12)C[C@H](c1ccccc1)S[C@@H]3c1ccccc1. The van der Waals surface area contributed by atoms with Crippen LogP contribution in [0, 0.1) is 5.82 Å². The van der Waals surface area contributed by atoms with Gasteiger partial charge in [0.25, 0.3) is 0 Å². The number of thioether (sulfide) groups is 2. The van der Waals surface area contributed by atoms with E-state index in [0.29, 0.717) is 22.0 Å². The number of nitrogens with zero attached hydrogens (tertiary/aromatic N) is 2. The number of nitrogens with two attached hydrogens (primary N) is 1. The zero-order chi connectivity index (χ0) is 23.8. The first-order valence-electron chi connectivity index (χ1n) is 11.4. The quantitative estimate of drug-likeness (QED) is 0.191. The van der Waals surface area contributed by atoms with Crippen molar-refractivity contribution in [2.75, 3.05) is 5.73 Å². The van der Waals surface area contributed by atoms with Gasteiger partial charge in [-0.1, -0.05) is 84.6 Å². The molecule has 0 saturated carbocycles. The van der Waals surface area contributed by atoms with Gasteiger partial charge in [-0.25, -0.2) is 14.4 Å². The maximum Gasteiger partial charge on any atom is 0.191 e. The van der Waals surface area contributed by atoms with Gasteiger partial charge in [0.2, 0.25) is 0 Å². The number of halogens is 1. The molecule has 2 atom stereocenters. The van der Waals surface area contributed by atoms with Crippen molar-refractivity contribution in [2.45, 2.75) is 27.8 Å². The molecule has 0 bridgehead atoms. The molecular formula is C28H22FN3S3. The van der Waals surface area contributed by atoms with E-state index in [4.69, 9.17) is 10.7 Å². The van der Waals surface area contributed by atoms with E-state index in [-0.39, 0.29) is 11.1 Å². The van der Waals surface area contributed by atoms with Crippen LogP contribution in [-0.2, 0) is 12.2 Å². The van der Waals surface area contributed by atoms with E-state index in [1.807, 2.05) is 17.8 Å². The van der Waals surface area contributed by atoms with E-state index in [1.165, 1.54) is 39.4 Å². The molecule has 2 aromatic heterocycles. The molecule has 2 N–H and O–H groups in total. The molecular weight excluding hydrogens is 494 g/mol. The van der Waals surface area contributed by atoms with Gasteiger partial charge in [-0.15, -0.1) is 23.1 Å². The predicted octanol–water partition coefficient (Wildman–Crippen LogP) is 7.82. The van der Waals surface area contributed by atoms with E-state index in [0.717, 1.165) is 22.2 Å². The first-order chi connectivity index (χ1) is 17.2. The topological polar surface area (TPSA) is 51.8 Å². The molecule has 0 spiro atoms. The van der Waals surface area contributed by atoms with Crippen LogP contribution in [0.2, 0.25) is 0 Å². The van der Waals surface area contributed by atoms with Gasteiger partial charge in [-0.2, -0.15) is 0 Å². The fourth-order valence-electron chi connectivity index (χ4n) is 4.52. The van der Waals surface area contributed by atoms with Crippen LogP contribution in [-0.4, -0.2) is 9.97 Å². The van der Waals surface area contributed by atoms with Crippen LogP contribution >= 0.6 is 34.9 Å². The summed E-state index contributed by atoms with van der Waals surface area (Å²) in [6, 6.07) is 28.0. The Morgan fingerprint density at radius 3 is 2.40 bits per heavy atom. The standard InChI is InChI=1S/C28H22FN3S3/c29-20-13-7-8-17(14-20)16-33-28-31-26(30)23-21-15-22(18-9-3-1-4-10-18)34-24(19-11-5-2-6-12-19)25(21)35-27(23)32-28/h1-14,22,24H,15-16H2,(H2,30,31,32)/t22-,24-/m1/s1. The lowest BCUT2D eigenvalue weighted by Crippen LogP contribution is -2.12. The zero-order valence-electron chi connectivity index (χ0n) is 18.7. The van der Waals surface area contributed by atoms with Crippen LogP contribution in [0.15, 0.2) is 90.1 Å². The number of aromatic nitrogens is 2. The second-order valence-electron chi connectivity index (χ2n) is 8.47. The number of nitrogen functional groups attached to an aromatic ring is 1. The van der Waals surface area contributed by atoms with Crippen molar-refractivity contribution in [3.8, 4) is 0 Å². The average molecular weight is 516 g/mol. The summed E-state index contributed by atoms with van der Waals surface area (Å²) in [6.07, 6.45) is 0.899. The number of fused-ring (bicyclic) bond motifs is 3. The average Bonchev–Trinajstić information content (AvgIpc) is 3.27. The first kappa shape index (κ1) is 22.6. The maximum atomic E-state index is 13.6. The molecule has 0 fully saturated rings. The molecule has 1 aliphatic rings. The van der Waals surface area contributed by atoms with Gasteiger partial charge in [0.15, 0.2) is 5.16 Å². The van der Waals surface area contributed by atoms with E-state index in [1.54, 1.807) is 23.5 Å². The Morgan fingerprint density at radius 2 is 1.66 bits per heavy atom. The third kappa shape index (κ3) is 4.56. The Kier molecular flexibility index (Phi) is 6.22. The highest BCUT2D eigenvalue weighted by atomic mass is 32.2. The summed E-state index contributed by atoms with van der Waals surface area (Å²) in [5.74, 6) is 0.883. The molecule has 174 valence electrons. The van der Waals surface area contributed by atoms with Crippen LogP contribution in [0.1, 0.15) is 37.6 Å². The van der Waals surface area contributed by atoms with Crippen molar-refractivity contribution in [2.24, 2.45) is 0 Å². The van der Waals surface area contributed by atoms with Crippen LogP contribution in [0.25, 0.3) is 10.2 Å². The normalized spacial score (nSPS) is 17.4. The Bertz CT molecular complexity index is 1490. The van der Waals surface area contributed by atoms with Crippen LogP contribution < -0.4 is 5.73 Å². The fraction of sp³-hybridized carbons (Fsp3) is 0.143. The Balaban J connectivity index is 1.40. The van der Waals surface area contributed by atoms with Crippen LogP contribution in [0.4, 0.5) is 10.2 Å². The lowest BCUT2D eigenvalue weighted by Gasteiger charge is -2.30. The highest BCUT2D eigenvalue weighted by Gasteiger charge is 2.34. The van der Waals surface area contributed by atoms with E-state index in [9.17, 15) is 4.39 Å².